The van der Waals surface area contributed by atoms with Crippen LogP contribution < -0.4 is 4.74 Å². The Morgan fingerprint density at radius 2 is 2.11 bits per heavy atom. The maximum absolute atomic E-state index is 12.2. The largest absolute Gasteiger partial charge is 0.573 e. The molecule has 7 heteroatoms. The predicted molar refractivity (Wildman–Crippen MR) is 61.4 cm³/mol. The van der Waals surface area contributed by atoms with Crippen LogP contribution in [0.15, 0.2) is 18.2 Å². The molecule has 1 N–H and O–H groups in total. The van der Waals surface area contributed by atoms with Gasteiger partial charge in [-0.25, -0.2) is 0 Å². The van der Waals surface area contributed by atoms with Gasteiger partial charge in [0, 0.05) is 5.56 Å². The molecule has 0 aliphatic rings. The van der Waals surface area contributed by atoms with E-state index in [2.05, 4.69) is 20.7 Å². The second-order valence-corrected chi connectivity index (χ2v) is 4.42. The first-order valence-electron chi connectivity index (χ1n) is 4.89. The summed E-state index contributed by atoms with van der Waals surface area (Å²) in [7, 11) is 0. The van der Waals surface area contributed by atoms with E-state index >= 15 is 0 Å². The average molecular weight is 327 g/mol. The second-order valence-electron chi connectivity index (χ2n) is 3.51. The van der Waals surface area contributed by atoms with E-state index in [1.807, 2.05) is 0 Å². The van der Waals surface area contributed by atoms with Crippen LogP contribution in [0.25, 0.3) is 0 Å². The summed E-state index contributed by atoms with van der Waals surface area (Å²) in [6.45, 7) is 0.741. The molecule has 0 amide bonds. The summed E-state index contributed by atoms with van der Waals surface area (Å²) < 4.78 is 40.6. The number of ketones is 1. The van der Waals surface area contributed by atoms with Gasteiger partial charge in [0.15, 0.2) is 0 Å². The first-order valence-corrected chi connectivity index (χ1v) is 5.80. The average Bonchev–Trinajstić information content (AvgIpc) is 2.25. The van der Waals surface area contributed by atoms with Gasteiger partial charge in [0.05, 0.1) is 6.61 Å². The monoisotopic (exact) mass is 326 g/mol. The normalized spacial score (nSPS) is 13.2. The van der Waals surface area contributed by atoms with E-state index in [0.717, 1.165) is 6.07 Å². The van der Waals surface area contributed by atoms with E-state index < -0.39 is 23.5 Å². The molecule has 3 nitrogen and oxygen atoms in total. The summed E-state index contributed by atoms with van der Waals surface area (Å²) in [6.07, 6.45) is -4.85. The molecular formula is C11H10BrF3O3. The quantitative estimate of drug-likeness (QED) is 0.865. The number of benzene rings is 1. The molecular weight excluding hydrogens is 317 g/mol. The number of carbonyl (C=O) groups excluding carboxylic acids is 1. The van der Waals surface area contributed by atoms with E-state index in [4.69, 9.17) is 5.11 Å². The number of Topliss-reactive ketones (excluding diaryl/α,β-unsaturated/α-hetero) is 1. The molecule has 0 aliphatic heterocycles. The molecule has 0 saturated carbocycles. The SMILES string of the molecule is CC(=O)C(Br)c1c(CO)cccc1OC(F)(F)F. The lowest BCUT2D eigenvalue weighted by molar-refractivity contribution is -0.274. The fraction of sp³-hybridized carbons (Fsp3) is 0.364. The van der Waals surface area contributed by atoms with Gasteiger partial charge >= 0.3 is 6.36 Å². The van der Waals surface area contributed by atoms with Crippen LogP contribution >= 0.6 is 15.9 Å². The molecule has 1 unspecified atom stereocenters. The topological polar surface area (TPSA) is 46.5 Å². The van der Waals surface area contributed by atoms with Gasteiger partial charge in [0.25, 0.3) is 0 Å². The van der Waals surface area contributed by atoms with E-state index in [1.54, 1.807) is 0 Å². The van der Waals surface area contributed by atoms with Crippen LogP contribution in [0, 0.1) is 0 Å². The van der Waals surface area contributed by atoms with Gasteiger partial charge in [0.1, 0.15) is 16.4 Å². The van der Waals surface area contributed by atoms with Crippen LogP contribution in [0.1, 0.15) is 22.9 Å². The van der Waals surface area contributed by atoms with E-state index in [1.165, 1.54) is 19.1 Å². The highest BCUT2D eigenvalue weighted by molar-refractivity contribution is 9.09. The van der Waals surface area contributed by atoms with Crippen LogP contribution in [0.5, 0.6) is 5.75 Å². The molecule has 0 aromatic heterocycles. The minimum atomic E-state index is -4.85. The maximum atomic E-state index is 12.2. The summed E-state index contributed by atoms with van der Waals surface area (Å²) in [5.41, 5.74) is 0.193. The molecule has 1 aromatic carbocycles. The van der Waals surface area contributed by atoms with E-state index in [9.17, 15) is 18.0 Å². The molecule has 100 valence electrons. The number of ether oxygens (including phenoxy) is 1. The molecule has 0 aliphatic carbocycles. The summed E-state index contributed by atoms with van der Waals surface area (Å²) in [5.74, 6) is -0.881. The first kappa shape index (κ1) is 15.0. The fourth-order valence-electron chi connectivity index (χ4n) is 1.43. The van der Waals surface area contributed by atoms with Crippen LogP contribution in [0.2, 0.25) is 0 Å². The van der Waals surface area contributed by atoms with Gasteiger partial charge in [-0.05, 0) is 18.6 Å². The lowest BCUT2D eigenvalue weighted by Crippen LogP contribution is -2.19. The van der Waals surface area contributed by atoms with Crippen LogP contribution in [0.4, 0.5) is 13.2 Å². The zero-order valence-electron chi connectivity index (χ0n) is 9.29. The molecule has 0 bridgehead atoms. The Labute approximate surface area is 110 Å². The van der Waals surface area contributed by atoms with Crippen molar-refractivity contribution in [2.45, 2.75) is 24.7 Å². The van der Waals surface area contributed by atoms with Crippen molar-refractivity contribution in [3.8, 4) is 5.75 Å². The summed E-state index contributed by atoms with van der Waals surface area (Å²) in [6, 6.07) is 3.84. The van der Waals surface area contributed by atoms with Crippen molar-refractivity contribution in [1.82, 2.24) is 0 Å². The fourth-order valence-corrected chi connectivity index (χ4v) is 1.95. The summed E-state index contributed by atoms with van der Waals surface area (Å²) in [4.78, 5) is 10.3. The number of aliphatic hydroxyl groups is 1. The second kappa shape index (κ2) is 5.71. The minimum Gasteiger partial charge on any atom is -0.405 e. The van der Waals surface area contributed by atoms with Gasteiger partial charge in [-0.1, -0.05) is 28.1 Å². The molecule has 18 heavy (non-hydrogen) atoms. The van der Waals surface area contributed by atoms with Gasteiger partial charge in [0.2, 0.25) is 0 Å². The van der Waals surface area contributed by atoms with Gasteiger partial charge in [-0.2, -0.15) is 0 Å². The number of hydrogen-bond acceptors (Lipinski definition) is 3. The Bertz CT molecular complexity index is 446. The van der Waals surface area contributed by atoms with Crippen LogP contribution in [0.3, 0.4) is 0 Å². The third kappa shape index (κ3) is 3.71. The van der Waals surface area contributed by atoms with Crippen molar-refractivity contribution in [2.24, 2.45) is 0 Å². The van der Waals surface area contributed by atoms with Gasteiger partial charge in [-0.15, -0.1) is 13.2 Å². The highest BCUT2D eigenvalue weighted by Crippen LogP contribution is 2.37. The van der Waals surface area contributed by atoms with Crippen LogP contribution in [-0.2, 0) is 11.4 Å². The molecule has 1 atom stereocenters. The number of alkyl halides is 4. The number of halogens is 4. The lowest BCUT2D eigenvalue weighted by atomic mass is 10.0. The number of hydrogen-bond donors (Lipinski definition) is 1. The molecule has 0 radical (unpaired) electrons. The zero-order valence-corrected chi connectivity index (χ0v) is 10.9. The maximum Gasteiger partial charge on any atom is 0.573 e. The first-order chi connectivity index (χ1) is 8.26. The van der Waals surface area contributed by atoms with Crippen molar-refractivity contribution in [1.29, 1.82) is 0 Å². The highest BCUT2D eigenvalue weighted by Gasteiger charge is 2.34. The Hall–Kier alpha value is -1.08. The van der Waals surface area contributed by atoms with Crippen molar-refractivity contribution in [3.05, 3.63) is 29.3 Å². The van der Waals surface area contributed by atoms with Crippen LogP contribution in [-0.4, -0.2) is 17.3 Å². The van der Waals surface area contributed by atoms with E-state index in [-0.39, 0.29) is 16.9 Å². The Morgan fingerprint density at radius 3 is 2.56 bits per heavy atom. The highest BCUT2D eigenvalue weighted by atomic mass is 79.9. The Kier molecular flexibility index (Phi) is 4.75. The summed E-state index contributed by atoms with van der Waals surface area (Å²) >= 11 is 2.99. The molecule has 0 saturated heterocycles. The number of aliphatic hydroxyl groups excluding tert-OH is 1. The van der Waals surface area contributed by atoms with Crippen molar-refractivity contribution < 1.29 is 27.8 Å². The van der Waals surface area contributed by atoms with Gasteiger partial charge in [-0.3, -0.25) is 4.79 Å². The van der Waals surface area contributed by atoms with E-state index in [0.29, 0.717) is 0 Å². The molecule has 1 aromatic rings. The molecule has 0 fully saturated rings. The molecule has 0 spiro atoms. The minimum absolute atomic E-state index is 0.00942. The summed E-state index contributed by atoms with van der Waals surface area (Å²) in [5, 5.41) is 9.10. The Balaban J connectivity index is 3.29. The van der Waals surface area contributed by atoms with Gasteiger partial charge < -0.3 is 9.84 Å². The Morgan fingerprint density at radius 1 is 1.50 bits per heavy atom. The smallest absolute Gasteiger partial charge is 0.405 e. The van der Waals surface area contributed by atoms with Crippen molar-refractivity contribution >= 4 is 21.7 Å². The predicted octanol–water partition coefficient (Wildman–Crippen LogP) is 3.10. The lowest BCUT2D eigenvalue weighted by Gasteiger charge is -2.18. The zero-order chi connectivity index (χ0) is 13.9. The van der Waals surface area contributed by atoms with Crippen molar-refractivity contribution in [3.63, 3.8) is 0 Å². The standard InChI is InChI=1S/C11H10BrF3O3/c1-6(17)10(12)9-7(5-16)3-2-4-8(9)18-11(13,14)15/h2-4,10,16H,5H2,1H3. The third-order valence-electron chi connectivity index (χ3n) is 2.16. The number of carbonyl (C=O) groups is 1. The third-order valence-corrected chi connectivity index (χ3v) is 3.27. The number of rotatable bonds is 4. The molecule has 1 rings (SSSR count). The van der Waals surface area contributed by atoms with Crippen molar-refractivity contribution in [2.75, 3.05) is 0 Å². The molecule has 0 heterocycles.